The fourth-order valence-electron chi connectivity index (χ4n) is 5.04. The topological polar surface area (TPSA) is 178 Å². The maximum atomic E-state index is 13.0. The van der Waals surface area contributed by atoms with Crippen molar-refractivity contribution in [3.8, 4) is 0 Å². The van der Waals surface area contributed by atoms with Gasteiger partial charge in [-0.3, -0.25) is 14.4 Å². The minimum absolute atomic E-state index is 0.0337. The Hall–Kier alpha value is -3.67. The van der Waals surface area contributed by atoms with Gasteiger partial charge in [-0.1, -0.05) is 0 Å². The van der Waals surface area contributed by atoms with Crippen molar-refractivity contribution < 1.29 is 22.8 Å². The second-order valence-electron chi connectivity index (χ2n) is 9.38. The van der Waals surface area contributed by atoms with Crippen molar-refractivity contribution in [2.24, 2.45) is 11.5 Å². The molecule has 3 amide bonds. The van der Waals surface area contributed by atoms with Crippen molar-refractivity contribution in [1.82, 2.24) is 10.3 Å². The molecule has 2 bridgehead atoms. The van der Waals surface area contributed by atoms with Gasteiger partial charge >= 0.3 is 0 Å². The van der Waals surface area contributed by atoms with Crippen molar-refractivity contribution in [2.75, 3.05) is 28.8 Å². The molecule has 1 aromatic heterocycles. The number of piperidine rings is 1. The number of amides is 3. The van der Waals surface area contributed by atoms with E-state index in [1.54, 1.807) is 6.07 Å². The normalized spacial score (nSPS) is 21.1. The van der Waals surface area contributed by atoms with Crippen LogP contribution in [0.3, 0.4) is 0 Å². The predicted molar refractivity (Wildman–Crippen MR) is 136 cm³/mol. The van der Waals surface area contributed by atoms with Crippen LogP contribution in [0.5, 0.6) is 0 Å². The maximum Gasteiger partial charge on any atom is 0.251 e. The first-order chi connectivity index (χ1) is 17.0. The monoisotopic (exact) mass is 514 g/mol. The summed E-state index contributed by atoms with van der Waals surface area (Å²) in [6.07, 6.45) is 6.08. The highest BCUT2D eigenvalue weighted by molar-refractivity contribution is 7.90. The summed E-state index contributed by atoms with van der Waals surface area (Å²) in [5.41, 5.74) is 12.0. The first-order valence-corrected chi connectivity index (χ1v) is 13.8. The number of sulfone groups is 1. The number of hydrogen-bond acceptors (Lipinski definition) is 8. The molecule has 0 aliphatic carbocycles. The number of carbonyl (C=O) groups excluding carboxylic acids is 3. The predicted octanol–water partition coefficient (Wildman–Crippen LogP) is 0.666. The third-order valence-corrected chi connectivity index (χ3v) is 7.65. The van der Waals surface area contributed by atoms with E-state index in [4.69, 9.17) is 11.5 Å². The highest BCUT2D eigenvalue weighted by Gasteiger charge is 2.41. The van der Waals surface area contributed by atoms with Gasteiger partial charge in [0.25, 0.3) is 11.8 Å². The Balaban J connectivity index is 1.42. The van der Waals surface area contributed by atoms with Crippen molar-refractivity contribution in [3.05, 3.63) is 53.2 Å². The molecular formula is C24H30N6O5S. The summed E-state index contributed by atoms with van der Waals surface area (Å²) >= 11 is 0. The van der Waals surface area contributed by atoms with E-state index in [0.29, 0.717) is 16.8 Å². The first-order valence-electron chi connectivity index (χ1n) is 11.7. The van der Waals surface area contributed by atoms with Crippen LogP contribution in [0.25, 0.3) is 0 Å². The Morgan fingerprint density at radius 3 is 2.25 bits per heavy atom. The number of rotatable bonds is 9. The van der Waals surface area contributed by atoms with Gasteiger partial charge in [-0.15, -0.1) is 0 Å². The van der Waals surface area contributed by atoms with Crippen LogP contribution in [0.4, 0.5) is 11.5 Å². The third-order valence-electron chi connectivity index (χ3n) is 6.70. The van der Waals surface area contributed by atoms with Gasteiger partial charge in [0.05, 0.1) is 16.9 Å². The lowest BCUT2D eigenvalue weighted by molar-refractivity contribution is 0.0924. The summed E-state index contributed by atoms with van der Waals surface area (Å²) < 4.78 is 22.9. The summed E-state index contributed by atoms with van der Waals surface area (Å²) in [5.74, 6) is -0.798. The quantitative estimate of drug-likeness (QED) is 0.377. The molecule has 0 saturated carbocycles. The molecule has 192 valence electrons. The fraction of sp³-hybridized carbons (Fsp3) is 0.417. The number of fused-ring (bicyclic) bond motifs is 2. The van der Waals surface area contributed by atoms with E-state index in [-0.39, 0.29) is 41.9 Å². The highest BCUT2D eigenvalue weighted by atomic mass is 32.2. The molecule has 6 N–H and O–H groups in total. The van der Waals surface area contributed by atoms with Crippen LogP contribution in [0.15, 0.2) is 36.5 Å². The lowest BCUT2D eigenvalue weighted by Crippen LogP contribution is -2.50. The first kappa shape index (κ1) is 25.4. The average Bonchev–Trinajstić information content (AvgIpc) is 3.08. The summed E-state index contributed by atoms with van der Waals surface area (Å²) in [6, 6.07) is 8.40. The SMILES string of the molecule is CS(=O)(=O)CCNc1cc(C(=O)NC2CC3CCC(C2)N3c2ccc(C(N)=O)cn2)ccc1C(N)=O. The summed E-state index contributed by atoms with van der Waals surface area (Å²) in [5, 5.41) is 6.01. The van der Waals surface area contributed by atoms with Gasteiger partial charge in [-0.2, -0.15) is 0 Å². The van der Waals surface area contributed by atoms with Crippen LogP contribution in [0.1, 0.15) is 56.8 Å². The number of pyridine rings is 1. The molecule has 0 spiro atoms. The molecule has 36 heavy (non-hydrogen) atoms. The molecule has 4 rings (SSSR count). The molecule has 2 unspecified atom stereocenters. The van der Waals surface area contributed by atoms with Crippen LogP contribution < -0.4 is 27.0 Å². The third kappa shape index (κ3) is 5.76. The zero-order valence-electron chi connectivity index (χ0n) is 19.9. The number of carbonyl (C=O) groups is 3. The number of nitrogens with zero attached hydrogens (tertiary/aromatic N) is 2. The molecule has 2 fully saturated rings. The van der Waals surface area contributed by atoms with E-state index < -0.39 is 21.7 Å². The smallest absolute Gasteiger partial charge is 0.251 e. The number of aromatic nitrogens is 1. The molecule has 2 aliphatic rings. The molecule has 12 heteroatoms. The summed E-state index contributed by atoms with van der Waals surface area (Å²) in [7, 11) is -3.20. The number of primary amides is 2. The number of nitrogens with two attached hydrogens (primary N) is 2. The molecule has 2 aromatic rings. The average molecular weight is 515 g/mol. The second kappa shape index (κ2) is 10.1. The molecule has 2 saturated heterocycles. The lowest BCUT2D eigenvalue weighted by Gasteiger charge is -2.40. The van der Waals surface area contributed by atoms with E-state index in [1.807, 2.05) is 6.07 Å². The number of hydrogen-bond donors (Lipinski definition) is 4. The Kier molecular flexibility index (Phi) is 7.16. The van der Waals surface area contributed by atoms with Gasteiger partial charge in [-0.25, -0.2) is 13.4 Å². The highest BCUT2D eigenvalue weighted by Crippen LogP contribution is 2.38. The van der Waals surface area contributed by atoms with E-state index in [9.17, 15) is 22.8 Å². The summed E-state index contributed by atoms with van der Waals surface area (Å²) in [6.45, 7) is 0.0838. The van der Waals surface area contributed by atoms with Gasteiger partial charge in [0.2, 0.25) is 5.91 Å². The van der Waals surface area contributed by atoms with E-state index in [0.717, 1.165) is 37.8 Å². The van der Waals surface area contributed by atoms with Gasteiger partial charge < -0.3 is 27.0 Å². The molecule has 3 heterocycles. The van der Waals surface area contributed by atoms with Gasteiger partial charge in [-0.05, 0) is 56.0 Å². The largest absolute Gasteiger partial charge is 0.383 e. The maximum absolute atomic E-state index is 13.0. The van der Waals surface area contributed by atoms with Crippen LogP contribution >= 0.6 is 0 Å². The zero-order chi connectivity index (χ0) is 26.0. The standard InChI is InChI=1S/C24H30N6O5S/c1-36(34,35)9-8-27-20-10-14(2-6-19(20)23(26)32)24(33)29-16-11-17-4-5-18(12-16)30(17)21-7-3-15(13-28-21)22(25)31/h2-3,6-7,10,13,16-18,27H,4-5,8-9,11-12H2,1H3,(H2,25,31)(H2,26,32)(H,29,33). The van der Waals surface area contributed by atoms with Crippen LogP contribution in [0.2, 0.25) is 0 Å². The van der Waals surface area contributed by atoms with Crippen LogP contribution in [-0.4, -0.2) is 67.8 Å². The minimum Gasteiger partial charge on any atom is -0.383 e. The number of nitrogens with one attached hydrogen (secondary N) is 2. The van der Waals surface area contributed by atoms with Gasteiger partial charge in [0, 0.05) is 48.4 Å². The van der Waals surface area contributed by atoms with Crippen LogP contribution in [-0.2, 0) is 9.84 Å². The lowest BCUT2D eigenvalue weighted by atomic mass is 9.96. The Morgan fingerprint density at radius 1 is 1.03 bits per heavy atom. The minimum atomic E-state index is -3.20. The van der Waals surface area contributed by atoms with Crippen LogP contribution in [0, 0.1) is 0 Å². The molecule has 2 aliphatic heterocycles. The van der Waals surface area contributed by atoms with E-state index in [2.05, 4.69) is 20.5 Å². The van der Waals surface area contributed by atoms with Crippen molar-refractivity contribution in [2.45, 2.75) is 43.8 Å². The van der Waals surface area contributed by atoms with Crippen molar-refractivity contribution in [3.63, 3.8) is 0 Å². The van der Waals surface area contributed by atoms with E-state index in [1.165, 1.54) is 24.4 Å². The Labute approximate surface area is 209 Å². The summed E-state index contributed by atoms with van der Waals surface area (Å²) in [4.78, 5) is 42.9. The number of anilines is 2. The molecule has 0 radical (unpaired) electrons. The van der Waals surface area contributed by atoms with Crippen molar-refractivity contribution >= 4 is 39.1 Å². The van der Waals surface area contributed by atoms with E-state index >= 15 is 0 Å². The van der Waals surface area contributed by atoms with Gasteiger partial charge in [0.15, 0.2) is 0 Å². The fourth-order valence-corrected chi connectivity index (χ4v) is 5.51. The molecule has 1 aromatic carbocycles. The second-order valence-corrected chi connectivity index (χ2v) is 11.6. The van der Waals surface area contributed by atoms with Crippen molar-refractivity contribution in [1.29, 1.82) is 0 Å². The molecule has 11 nitrogen and oxygen atoms in total. The Morgan fingerprint density at radius 2 is 1.69 bits per heavy atom. The zero-order valence-corrected chi connectivity index (χ0v) is 20.8. The van der Waals surface area contributed by atoms with Gasteiger partial charge in [0.1, 0.15) is 15.7 Å². The number of benzene rings is 1. The Bertz CT molecular complexity index is 1270. The molecular weight excluding hydrogens is 484 g/mol. The molecule has 2 atom stereocenters.